The molecule has 4 aromatic rings. The molecule has 2 aliphatic rings. The highest BCUT2D eigenvalue weighted by Gasteiger charge is 2.39. The molecule has 1 saturated heterocycles. The number of nitrogens with zero attached hydrogens (tertiary/aromatic N) is 5. The minimum atomic E-state index is -0.450. The van der Waals surface area contributed by atoms with Crippen LogP contribution in [0, 0.1) is 0 Å². The first-order chi connectivity index (χ1) is 16.8. The fourth-order valence-electron chi connectivity index (χ4n) is 5.44. The molecule has 2 aliphatic heterocycles. The third-order valence-corrected chi connectivity index (χ3v) is 7.39. The van der Waals surface area contributed by atoms with Gasteiger partial charge in [0.1, 0.15) is 23.4 Å². The molecule has 4 aromatic heterocycles. The Bertz CT molecular complexity index is 1450. The van der Waals surface area contributed by atoms with E-state index in [2.05, 4.69) is 43.7 Å². The van der Waals surface area contributed by atoms with E-state index in [1.807, 2.05) is 17.0 Å². The zero-order chi connectivity index (χ0) is 24.3. The van der Waals surface area contributed by atoms with Crippen molar-refractivity contribution < 1.29 is 9.53 Å². The molecule has 0 unspecified atom stereocenters. The van der Waals surface area contributed by atoms with E-state index in [9.17, 15) is 4.79 Å². The average Bonchev–Trinajstić information content (AvgIpc) is 3.35. The van der Waals surface area contributed by atoms with Crippen molar-refractivity contribution in [1.29, 1.82) is 0 Å². The number of anilines is 1. The number of amides is 2. The van der Waals surface area contributed by atoms with Gasteiger partial charge in [-0.2, -0.15) is 0 Å². The van der Waals surface area contributed by atoms with Crippen LogP contribution in [-0.4, -0.2) is 61.2 Å². The molecule has 6 rings (SSSR count). The largest absolute Gasteiger partial charge is 0.383 e. The van der Waals surface area contributed by atoms with Crippen LogP contribution < -0.4 is 11.1 Å². The van der Waals surface area contributed by atoms with Gasteiger partial charge in [0.05, 0.1) is 28.2 Å². The van der Waals surface area contributed by atoms with Crippen molar-refractivity contribution in [3.63, 3.8) is 0 Å². The number of carbonyl (C=O) groups excluding carboxylic acids is 1. The molecule has 182 valence electrons. The van der Waals surface area contributed by atoms with Crippen LogP contribution in [0.5, 0.6) is 0 Å². The number of nitrogen functional groups attached to an aromatic ring is 1. The number of rotatable bonds is 2. The number of ether oxygens (including phenoxy) is 1. The highest BCUT2D eigenvalue weighted by Crippen LogP contribution is 2.45. The summed E-state index contributed by atoms with van der Waals surface area (Å²) in [7, 11) is 0. The van der Waals surface area contributed by atoms with Gasteiger partial charge in [0, 0.05) is 48.6 Å². The molecular weight excluding hydrogens is 468 g/mol. The van der Waals surface area contributed by atoms with Crippen molar-refractivity contribution in [1.82, 2.24) is 34.7 Å². The molecule has 0 spiro atoms. The van der Waals surface area contributed by atoms with Crippen LogP contribution in [0.3, 0.4) is 0 Å². The van der Waals surface area contributed by atoms with Crippen molar-refractivity contribution in [2.24, 2.45) is 0 Å². The third-order valence-electron chi connectivity index (χ3n) is 6.99. The second-order valence-electron chi connectivity index (χ2n) is 9.83. The summed E-state index contributed by atoms with van der Waals surface area (Å²) in [5.74, 6) is 0.364. The van der Waals surface area contributed by atoms with Gasteiger partial charge in [-0.3, -0.25) is 0 Å². The van der Waals surface area contributed by atoms with Crippen molar-refractivity contribution in [3.8, 4) is 11.3 Å². The van der Waals surface area contributed by atoms with E-state index in [0.29, 0.717) is 48.5 Å². The predicted molar refractivity (Wildman–Crippen MR) is 134 cm³/mol. The zero-order valence-corrected chi connectivity index (χ0v) is 20.4. The molecule has 10 nitrogen and oxygen atoms in total. The fraction of sp³-hybridized carbons (Fsp3) is 0.417. The Kier molecular flexibility index (Phi) is 5.12. The van der Waals surface area contributed by atoms with Gasteiger partial charge in [-0.05, 0) is 38.8 Å². The Labute approximate surface area is 206 Å². The highest BCUT2D eigenvalue weighted by molar-refractivity contribution is 6.38. The van der Waals surface area contributed by atoms with Crippen LogP contribution >= 0.6 is 11.6 Å². The molecule has 0 aromatic carbocycles. The van der Waals surface area contributed by atoms with E-state index in [1.165, 1.54) is 6.33 Å². The van der Waals surface area contributed by atoms with Gasteiger partial charge in [-0.1, -0.05) is 11.6 Å². The van der Waals surface area contributed by atoms with Crippen LogP contribution in [0.1, 0.15) is 32.4 Å². The fourth-order valence-corrected chi connectivity index (χ4v) is 5.74. The van der Waals surface area contributed by atoms with Crippen LogP contribution in [0.15, 0.2) is 24.7 Å². The Balaban J connectivity index is 1.52. The van der Waals surface area contributed by atoms with Gasteiger partial charge in [0.15, 0.2) is 0 Å². The lowest BCUT2D eigenvalue weighted by molar-refractivity contribution is 0.0756. The smallest absolute Gasteiger partial charge is 0.318 e. The standard InChI is InChI=1S/C24H27ClN8O2/c1-24(2)11-32(23(34)30-13-5-8-35-9-6-13)10-15-16(17-20(26)28-12-29-22(17)33(15)24)19-18(25)14-4-3-7-27-21(14)31-19/h3-4,7,12-13H,5-6,8-11H2,1-2H3,(H,27,31)(H,30,34)(H2,26,28,29). The van der Waals surface area contributed by atoms with Crippen LogP contribution in [0.25, 0.3) is 33.3 Å². The van der Waals surface area contributed by atoms with Crippen molar-refractivity contribution in [2.75, 3.05) is 25.5 Å². The van der Waals surface area contributed by atoms with Gasteiger partial charge in [0.2, 0.25) is 0 Å². The minimum Gasteiger partial charge on any atom is -0.383 e. The molecule has 6 heterocycles. The number of hydrogen-bond acceptors (Lipinski definition) is 6. The quantitative estimate of drug-likeness (QED) is 0.390. The van der Waals surface area contributed by atoms with Gasteiger partial charge in [0.25, 0.3) is 0 Å². The first kappa shape index (κ1) is 22.1. The molecule has 0 aliphatic carbocycles. The number of halogens is 1. The van der Waals surface area contributed by atoms with Crippen LogP contribution in [0.2, 0.25) is 5.02 Å². The van der Waals surface area contributed by atoms with E-state index >= 15 is 0 Å². The Hall–Kier alpha value is -3.37. The Morgan fingerprint density at radius 1 is 1.29 bits per heavy atom. The van der Waals surface area contributed by atoms with Crippen molar-refractivity contribution in [3.05, 3.63) is 35.4 Å². The van der Waals surface area contributed by atoms with Crippen LogP contribution in [-0.2, 0) is 16.8 Å². The number of nitrogens with two attached hydrogens (primary N) is 1. The molecule has 0 atom stereocenters. The molecular formula is C24H27ClN8O2. The van der Waals surface area contributed by atoms with Gasteiger partial charge in [-0.25, -0.2) is 19.7 Å². The summed E-state index contributed by atoms with van der Waals surface area (Å²) in [6.45, 7) is 6.42. The molecule has 35 heavy (non-hydrogen) atoms. The van der Waals surface area contributed by atoms with E-state index in [4.69, 9.17) is 22.1 Å². The summed E-state index contributed by atoms with van der Waals surface area (Å²) < 4.78 is 7.61. The Morgan fingerprint density at radius 3 is 2.86 bits per heavy atom. The SMILES string of the molecule is CC1(C)CN(C(=O)NC2CCOCC2)Cc2c(-c3[nH]c4ncccc4c3Cl)c3c(N)ncnc3n21. The lowest BCUT2D eigenvalue weighted by Crippen LogP contribution is -2.54. The van der Waals surface area contributed by atoms with Gasteiger partial charge < -0.3 is 30.2 Å². The number of H-pyrrole nitrogens is 1. The lowest BCUT2D eigenvalue weighted by atomic mass is 9.99. The maximum absolute atomic E-state index is 13.4. The number of hydrogen-bond donors (Lipinski definition) is 3. The highest BCUT2D eigenvalue weighted by atomic mass is 35.5. The molecule has 2 amide bonds. The normalized spacial score (nSPS) is 18.2. The van der Waals surface area contributed by atoms with Crippen molar-refractivity contribution >= 4 is 45.5 Å². The van der Waals surface area contributed by atoms with Crippen molar-refractivity contribution in [2.45, 2.75) is 44.8 Å². The summed E-state index contributed by atoms with van der Waals surface area (Å²) in [6, 6.07) is 3.80. The second kappa shape index (κ2) is 8.10. The maximum Gasteiger partial charge on any atom is 0.318 e. The monoisotopic (exact) mass is 494 g/mol. The molecule has 0 saturated carbocycles. The summed E-state index contributed by atoms with van der Waals surface area (Å²) in [5, 5.41) is 5.28. The zero-order valence-electron chi connectivity index (χ0n) is 19.6. The number of urea groups is 1. The summed E-state index contributed by atoms with van der Waals surface area (Å²) in [5.41, 5.74) is 9.77. The number of pyridine rings is 1. The first-order valence-corrected chi connectivity index (χ1v) is 12.1. The van der Waals surface area contributed by atoms with E-state index in [0.717, 1.165) is 40.5 Å². The molecule has 1 fully saturated rings. The van der Waals surface area contributed by atoms with E-state index in [1.54, 1.807) is 6.20 Å². The van der Waals surface area contributed by atoms with E-state index < -0.39 is 5.54 Å². The van der Waals surface area contributed by atoms with Gasteiger partial charge in [-0.15, -0.1) is 0 Å². The summed E-state index contributed by atoms with van der Waals surface area (Å²) in [6.07, 6.45) is 4.83. The van der Waals surface area contributed by atoms with E-state index in [-0.39, 0.29) is 12.1 Å². The Morgan fingerprint density at radius 2 is 2.09 bits per heavy atom. The first-order valence-electron chi connectivity index (χ1n) is 11.7. The summed E-state index contributed by atoms with van der Waals surface area (Å²) in [4.78, 5) is 31.9. The molecule has 11 heteroatoms. The summed E-state index contributed by atoms with van der Waals surface area (Å²) >= 11 is 6.88. The molecule has 4 N–H and O–H groups in total. The van der Waals surface area contributed by atoms with Gasteiger partial charge >= 0.3 is 6.03 Å². The maximum atomic E-state index is 13.4. The molecule has 0 bridgehead atoms. The number of aromatic nitrogens is 5. The number of aromatic amines is 1. The molecule has 0 radical (unpaired) electrons. The third kappa shape index (κ3) is 3.51. The number of nitrogens with one attached hydrogen (secondary N) is 2. The number of fused-ring (bicyclic) bond motifs is 4. The topological polar surface area (TPSA) is 127 Å². The van der Waals surface area contributed by atoms with Crippen LogP contribution in [0.4, 0.5) is 10.6 Å². The average molecular weight is 495 g/mol. The minimum absolute atomic E-state index is 0.0871. The lowest BCUT2D eigenvalue weighted by Gasteiger charge is -2.41. The second-order valence-corrected chi connectivity index (χ2v) is 10.2. The number of carbonyl (C=O) groups is 1. The predicted octanol–water partition coefficient (Wildman–Crippen LogP) is 3.65.